The van der Waals surface area contributed by atoms with Gasteiger partial charge in [0, 0.05) is 28.8 Å². The van der Waals surface area contributed by atoms with Gasteiger partial charge in [0.15, 0.2) is 0 Å². The summed E-state index contributed by atoms with van der Waals surface area (Å²) in [5, 5.41) is 4.64. The summed E-state index contributed by atoms with van der Waals surface area (Å²) in [6.45, 7) is 3.43. The molecule has 0 unspecified atom stereocenters. The Morgan fingerprint density at radius 1 is 1.06 bits per heavy atom. The van der Waals surface area contributed by atoms with Gasteiger partial charge in [-0.05, 0) is 42.8 Å². The van der Waals surface area contributed by atoms with E-state index >= 15 is 0 Å². The molecular formula is C14H14Cl2N2. The fourth-order valence-corrected chi connectivity index (χ4v) is 2.32. The topological polar surface area (TPSA) is 24.9 Å². The Labute approximate surface area is 117 Å². The van der Waals surface area contributed by atoms with Crippen molar-refractivity contribution >= 4 is 23.2 Å². The molecule has 0 aliphatic rings. The number of nitrogens with zero attached hydrogens (tertiary/aromatic N) is 1. The van der Waals surface area contributed by atoms with Crippen molar-refractivity contribution < 1.29 is 0 Å². The van der Waals surface area contributed by atoms with Crippen molar-refractivity contribution in [2.24, 2.45) is 0 Å². The van der Waals surface area contributed by atoms with Gasteiger partial charge in [0.25, 0.3) is 0 Å². The number of nitrogens with one attached hydrogen (secondary N) is 1. The number of aromatic nitrogens is 1. The molecule has 94 valence electrons. The van der Waals surface area contributed by atoms with E-state index in [-0.39, 0.29) is 0 Å². The minimum atomic E-state index is 0.660. The molecule has 0 atom stereocenters. The van der Waals surface area contributed by atoms with E-state index in [1.54, 1.807) is 6.07 Å². The summed E-state index contributed by atoms with van der Waals surface area (Å²) in [6.07, 6.45) is 0. The molecule has 0 aliphatic heterocycles. The van der Waals surface area contributed by atoms with Crippen molar-refractivity contribution in [2.45, 2.75) is 20.0 Å². The molecule has 1 aromatic carbocycles. The van der Waals surface area contributed by atoms with Gasteiger partial charge in [0.05, 0.1) is 5.69 Å². The number of aryl methyl sites for hydroxylation is 1. The second kappa shape index (κ2) is 6.19. The third-order valence-electron chi connectivity index (χ3n) is 2.50. The van der Waals surface area contributed by atoms with E-state index in [1.807, 2.05) is 37.3 Å². The molecule has 1 heterocycles. The molecule has 1 aromatic heterocycles. The highest BCUT2D eigenvalue weighted by Gasteiger charge is 1.99. The molecule has 1 N–H and O–H groups in total. The predicted octanol–water partition coefficient (Wildman–Crippen LogP) is 3.99. The normalized spacial score (nSPS) is 10.6. The van der Waals surface area contributed by atoms with E-state index in [2.05, 4.69) is 10.3 Å². The van der Waals surface area contributed by atoms with Gasteiger partial charge >= 0.3 is 0 Å². The van der Waals surface area contributed by atoms with E-state index in [1.165, 1.54) is 0 Å². The van der Waals surface area contributed by atoms with Crippen molar-refractivity contribution in [3.05, 3.63) is 63.4 Å². The minimum Gasteiger partial charge on any atom is -0.307 e. The maximum Gasteiger partial charge on any atom is 0.0544 e. The highest BCUT2D eigenvalue weighted by atomic mass is 35.5. The average molecular weight is 281 g/mol. The predicted molar refractivity (Wildman–Crippen MR) is 76.0 cm³/mol. The van der Waals surface area contributed by atoms with Crippen LogP contribution in [0.2, 0.25) is 10.0 Å². The third kappa shape index (κ3) is 3.98. The number of hydrogen-bond donors (Lipinski definition) is 1. The summed E-state index contributed by atoms with van der Waals surface area (Å²) in [5.74, 6) is 0. The van der Waals surface area contributed by atoms with Crippen molar-refractivity contribution in [1.82, 2.24) is 10.3 Å². The molecule has 0 aliphatic carbocycles. The van der Waals surface area contributed by atoms with Crippen LogP contribution in [-0.2, 0) is 13.1 Å². The van der Waals surface area contributed by atoms with Crippen LogP contribution >= 0.6 is 23.2 Å². The van der Waals surface area contributed by atoms with Crippen LogP contribution in [0.15, 0.2) is 36.4 Å². The summed E-state index contributed by atoms with van der Waals surface area (Å²) < 4.78 is 0. The first-order chi connectivity index (χ1) is 8.63. The Balaban J connectivity index is 1.92. The molecule has 0 radical (unpaired) electrons. The Morgan fingerprint density at radius 3 is 2.44 bits per heavy atom. The summed E-state index contributed by atoms with van der Waals surface area (Å²) in [7, 11) is 0. The number of hydrogen-bond acceptors (Lipinski definition) is 2. The van der Waals surface area contributed by atoms with Gasteiger partial charge < -0.3 is 5.32 Å². The number of halogens is 2. The first-order valence-corrected chi connectivity index (χ1v) is 6.47. The van der Waals surface area contributed by atoms with E-state index in [4.69, 9.17) is 23.2 Å². The molecule has 2 nitrogen and oxygen atoms in total. The first kappa shape index (κ1) is 13.3. The van der Waals surface area contributed by atoms with Gasteiger partial charge in [-0.2, -0.15) is 0 Å². The molecule has 2 rings (SSSR count). The summed E-state index contributed by atoms with van der Waals surface area (Å²) in [5.41, 5.74) is 3.13. The summed E-state index contributed by atoms with van der Waals surface area (Å²) >= 11 is 11.9. The van der Waals surface area contributed by atoms with Gasteiger partial charge in [-0.15, -0.1) is 0 Å². The lowest BCUT2D eigenvalue weighted by Gasteiger charge is -2.06. The summed E-state index contributed by atoms with van der Waals surface area (Å²) in [6, 6.07) is 11.5. The number of rotatable bonds is 4. The zero-order valence-electron chi connectivity index (χ0n) is 10.1. The minimum absolute atomic E-state index is 0.660. The largest absolute Gasteiger partial charge is 0.307 e. The van der Waals surface area contributed by atoms with Crippen LogP contribution in [0, 0.1) is 6.92 Å². The molecule has 0 amide bonds. The van der Waals surface area contributed by atoms with E-state index in [0.29, 0.717) is 10.0 Å². The first-order valence-electron chi connectivity index (χ1n) is 5.72. The molecule has 0 spiro atoms. The molecule has 0 fully saturated rings. The van der Waals surface area contributed by atoms with Crippen LogP contribution in [0.5, 0.6) is 0 Å². The molecule has 0 bridgehead atoms. The van der Waals surface area contributed by atoms with Gasteiger partial charge in [0.1, 0.15) is 0 Å². The third-order valence-corrected chi connectivity index (χ3v) is 2.94. The second-order valence-corrected chi connectivity index (χ2v) is 5.02. The van der Waals surface area contributed by atoms with Crippen molar-refractivity contribution in [3.8, 4) is 0 Å². The fourth-order valence-electron chi connectivity index (χ4n) is 1.75. The number of benzene rings is 1. The summed E-state index contributed by atoms with van der Waals surface area (Å²) in [4.78, 5) is 4.42. The highest BCUT2D eigenvalue weighted by Crippen LogP contribution is 2.18. The van der Waals surface area contributed by atoms with Crippen molar-refractivity contribution in [2.75, 3.05) is 0 Å². The zero-order chi connectivity index (χ0) is 13.0. The van der Waals surface area contributed by atoms with Crippen LogP contribution < -0.4 is 5.32 Å². The van der Waals surface area contributed by atoms with Gasteiger partial charge in [-0.25, -0.2) is 0 Å². The lowest BCUT2D eigenvalue weighted by atomic mass is 10.2. The maximum atomic E-state index is 5.94. The SMILES string of the molecule is Cc1cccc(CNCc2cc(Cl)cc(Cl)c2)n1. The van der Waals surface area contributed by atoms with Gasteiger partial charge in [-0.1, -0.05) is 29.3 Å². The highest BCUT2D eigenvalue weighted by molar-refractivity contribution is 6.34. The molecule has 2 aromatic rings. The lowest BCUT2D eigenvalue weighted by Crippen LogP contribution is -2.13. The van der Waals surface area contributed by atoms with Crippen LogP contribution in [0.1, 0.15) is 17.0 Å². The van der Waals surface area contributed by atoms with Crippen LogP contribution in [0.3, 0.4) is 0 Å². The van der Waals surface area contributed by atoms with Crippen molar-refractivity contribution in [3.63, 3.8) is 0 Å². The standard InChI is InChI=1S/C14H14Cl2N2/c1-10-3-2-4-14(18-10)9-17-8-11-5-12(15)7-13(16)6-11/h2-7,17H,8-9H2,1H3. The van der Waals surface area contributed by atoms with Gasteiger partial charge in [-0.3, -0.25) is 4.98 Å². The Morgan fingerprint density at radius 2 is 1.78 bits per heavy atom. The van der Waals surface area contributed by atoms with E-state index in [0.717, 1.165) is 30.0 Å². The second-order valence-electron chi connectivity index (χ2n) is 4.15. The lowest BCUT2D eigenvalue weighted by molar-refractivity contribution is 0.678. The molecule has 0 saturated heterocycles. The van der Waals surface area contributed by atoms with E-state index < -0.39 is 0 Å². The van der Waals surface area contributed by atoms with Crippen LogP contribution in [0.25, 0.3) is 0 Å². The van der Waals surface area contributed by atoms with Gasteiger partial charge in [0.2, 0.25) is 0 Å². The Bertz CT molecular complexity index is 521. The Hall–Kier alpha value is -1.09. The molecule has 0 saturated carbocycles. The quantitative estimate of drug-likeness (QED) is 0.916. The van der Waals surface area contributed by atoms with Crippen molar-refractivity contribution in [1.29, 1.82) is 0 Å². The van der Waals surface area contributed by atoms with Crippen LogP contribution in [-0.4, -0.2) is 4.98 Å². The smallest absolute Gasteiger partial charge is 0.0544 e. The molecular weight excluding hydrogens is 267 g/mol. The van der Waals surface area contributed by atoms with E-state index in [9.17, 15) is 0 Å². The average Bonchev–Trinajstić information content (AvgIpc) is 2.27. The van der Waals surface area contributed by atoms with Crippen LogP contribution in [0.4, 0.5) is 0 Å². The zero-order valence-corrected chi connectivity index (χ0v) is 11.6. The number of pyridine rings is 1. The molecule has 18 heavy (non-hydrogen) atoms. The maximum absolute atomic E-state index is 5.94. The Kier molecular flexibility index (Phi) is 4.59. The monoisotopic (exact) mass is 280 g/mol. The molecule has 4 heteroatoms. The fraction of sp³-hybridized carbons (Fsp3) is 0.214.